The van der Waals surface area contributed by atoms with Gasteiger partial charge in [0.05, 0.1) is 11.6 Å². The number of hydrogen-bond acceptors (Lipinski definition) is 3. The summed E-state index contributed by atoms with van der Waals surface area (Å²) in [7, 11) is 0. The number of hydrogen-bond donors (Lipinski definition) is 2. The molecule has 14 heavy (non-hydrogen) atoms. The lowest BCUT2D eigenvalue weighted by atomic mass is 9.87. The molecule has 1 heterocycles. The lowest BCUT2D eigenvalue weighted by molar-refractivity contribution is -0.150. The first kappa shape index (κ1) is 10.7. The minimum absolute atomic E-state index is 0.370. The molecule has 2 N–H and O–H groups in total. The Kier molecular flexibility index (Phi) is 2.86. The molecule has 0 radical (unpaired) electrons. The van der Waals surface area contributed by atoms with Gasteiger partial charge in [0.15, 0.2) is 0 Å². The van der Waals surface area contributed by atoms with Crippen LogP contribution in [0, 0.1) is 5.92 Å². The van der Waals surface area contributed by atoms with E-state index in [-0.39, 0.29) is 0 Å². The normalized spacial score (nSPS) is 17.1. The largest absolute Gasteiger partial charge is 0.481 e. The number of nitrogens with zero attached hydrogens (tertiary/aromatic N) is 1. The van der Waals surface area contributed by atoms with E-state index in [4.69, 9.17) is 5.11 Å². The zero-order valence-corrected chi connectivity index (χ0v) is 8.14. The van der Waals surface area contributed by atoms with Gasteiger partial charge < -0.3 is 10.2 Å². The monoisotopic (exact) mass is 195 g/mol. The molecule has 4 heteroatoms. The molecule has 1 aromatic rings. The summed E-state index contributed by atoms with van der Waals surface area (Å²) in [6, 6.07) is 5.04. The predicted octanol–water partition coefficient (Wildman–Crippen LogP) is 1.01. The second-order valence-corrected chi connectivity index (χ2v) is 3.42. The van der Waals surface area contributed by atoms with E-state index in [1.165, 1.54) is 20.0 Å². The van der Waals surface area contributed by atoms with Crippen LogP contribution in [-0.4, -0.2) is 21.2 Å². The summed E-state index contributed by atoms with van der Waals surface area (Å²) in [5.74, 6) is -1.93. The molecule has 0 saturated heterocycles. The number of aliphatic carboxylic acids is 1. The fraction of sp³-hybridized carbons (Fsp3) is 0.400. The fourth-order valence-corrected chi connectivity index (χ4v) is 1.12. The highest BCUT2D eigenvalue weighted by Crippen LogP contribution is 2.27. The smallest absolute Gasteiger partial charge is 0.309 e. The van der Waals surface area contributed by atoms with E-state index in [1.807, 2.05) is 0 Å². The number of carboxylic acid groups (broad SMARTS) is 1. The number of aliphatic hydroxyl groups is 1. The molecule has 2 unspecified atom stereocenters. The molecule has 0 aliphatic carbocycles. The first-order valence-electron chi connectivity index (χ1n) is 4.33. The Labute approximate surface area is 82.2 Å². The Morgan fingerprint density at radius 3 is 2.64 bits per heavy atom. The maximum absolute atomic E-state index is 10.7. The van der Waals surface area contributed by atoms with E-state index in [0.29, 0.717) is 5.69 Å². The molecule has 2 atom stereocenters. The maximum Gasteiger partial charge on any atom is 0.309 e. The number of rotatable bonds is 3. The van der Waals surface area contributed by atoms with Crippen LogP contribution in [-0.2, 0) is 10.4 Å². The predicted molar refractivity (Wildman–Crippen MR) is 50.6 cm³/mol. The van der Waals surface area contributed by atoms with Gasteiger partial charge in [-0.05, 0) is 26.0 Å². The minimum Gasteiger partial charge on any atom is -0.481 e. The lowest BCUT2D eigenvalue weighted by Crippen LogP contribution is -2.35. The van der Waals surface area contributed by atoms with Crippen LogP contribution in [0.2, 0.25) is 0 Å². The Morgan fingerprint density at radius 1 is 1.57 bits per heavy atom. The maximum atomic E-state index is 10.7. The van der Waals surface area contributed by atoms with Gasteiger partial charge in [-0.1, -0.05) is 6.07 Å². The highest BCUT2D eigenvalue weighted by molar-refractivity contribution is 5.71. The lowest BCUT2D eigenvalue weighted by Gasteiger charge is -2.26. The van der Waals surface area contributed by atoms with Crippen LogP contribution in [0.3, 0.4) is 0 Å². The van der Waals surface area contributed by atoms with Crippen LogP contribution in [0.1, 0.15) is 19.5 Å². The molecule has 0 aliphatic rings. The Hall–Kier alpha value is -1.42. The van der Waals surface area contributed by atoms with Crippen molar-refractivity contribution in [3.63, 3.8) is 0 Å². The highest BCUT2D eigenvalue weighted by atomic mass is 16.4. The first-order valence-corrected chi connectivity index (χ1v) is 4.33. The molecule has 1 rings (SSSR count). The van der Waals surface area contributed by atoms with Gasteiger partial charge in [0, 0.05) is 6.20 Å². The average molecular weight is 195 g/mol. The van der Waals surface area contributed by atoms with E-state index < -0.39 is 17.5 Å². The average Bonchev–Trinajstić information content (AvgIpc) is 2.18. The Balaban J connectivity index is 3.02. The third-order valence-corrected chi connectivity index (χ3v) is 2.40. The topological polar surface area (TPSA) is 70.4 Å². The van der Waals surface area contributed by atoms with E-state index in [1.54, 1.807) is 18.2 Å². The van der Waals surface area contributed by atoms with Gasteiger partial charge in [-0.3, -0.25) is 9.78 Å². The summed E-state index contributed by atoms with van der Waals surface area (Å²) < 4.78 is 0. The molecule has 0 aliphatic heterocycles. The summed E-state index contributed by atoms with van der Waals surface area (Å²) in [6.07, 6.45) is 1.53. The van der Waals surface area contributed by atoms with Gasteiger partial charge >= 0.3 is 5.97 Å². The van der Waals surface area contributed by atoms with Gasteiger partial charge in [0.1, 0.15) is 5.60 Å². The molecule has 0 bridgehead atoms. The van der Waals surface area contributed by atoms with Crippen LogP contribution in [0.4, 0.5) is 0 Å². The summed E-state index contributed by atoms with van der Waals surface area (Å²) in [4.78, 5) is 14.7. The van der Waals surface area contributed by atoms with Crippen LogP contribution < -0.4 is 0 Å². The van der Waals surface area contributed by atoms with Crippen LogP contribution in [0.5, 0.6) is 0 Å². The summed E-state index contributed by atoms with van der Waals surface area (Å²) in [6.45, 7) is 2.91. The zero-order valence-electron chi connectivity index (χ0n) is 8.14. The molecule has 4 nitrogen and oxygen atoms in total. The molecule has 0 saturated carbocycles. The first-order chi connectivity index (χ1) is 6.46. The molecule has 1 aromatic heterocycles. The quantitative estimate of drug-likeness (QED) is 0.755. The van der Waals surface area contributed by atoms with Crippen molar-refractivity contribution < 1.29 is 15.0 Å². The van der Waals surface area contributed by atoms with E-state index in [2.05, 4.69) is 4.98 Å². The molecule has 0 fully saturated rings. The second-order valence-electron chi connectivity index (χ2n) is 3.42. The molecular weight excluding hydrogens is 182 g/mol. The number of pyridine rings is 1. The van der Waals surface area contributed by atoms with Gasteiger partial charge in [0.25, 0.3) is 0 Å². The molecule has 0 aromatic carbocycles. The van der Waals surface area contributed by atoms with Crippen molar-refractivity contribution >= 4 is 5.97 Å². The van der Waals surface area contributed by atoms with Crippen LogP contribution in [0.15, 0.2) is 24.4 Å². The van der Waals surface area contributed by atoms with Gasteiger partial charge in [-0.25, -0.2) is 0 Å². The summed E-state index contributed by atoms with van der Waals surface area (Å²) in [5, 5.41) is 18.8. The van der Waals surface area contributed by atoms with Crippen molar-refractivity contribution in [3.8, 4) is 0 Å². The van der Waals surface area contributed by atoms with Crippen molar-refractivity contribution in [2.24, 2.45) is 5.92 Å². The highest BCUT2D eigenvalue weighted by Gasteiger charge is 2.36. The molecule has 76 valence electrons. The standard InChI is InChI=1S/C10H13NO3/c1-7(9(12)13)10(2,14)8-5-3-4-6-11-8/h3-7,14H,1-2H3,(H,12,13). The number of carbonyl (C=O) groups is 1. The van der Waals surface area contributed by atoms with Crippen molar-refractivity contribution in [3.05, 3.63) is 30.1 Å². The van der Waals surface area contributed by atoms with E-state index in [0.717, 1.165) is 0 Å². The fourth-order valence-electron chi connectivity index (χ4n) is 1.12. The van der Waals surface area contributed by atoms with Gasteiger partial charge in [0.2, 0.25) is 0 Å². The zero-order chi connectivity index (χ0) is 10.8. The second kappa shape index (κ2) is 3.75. The summed E-state index contributed by atoms with van der Waals surface area (Å²) >= 11 is 0. The van der Waals surface area contributed by atoms with Crippen molar-refractivity contribution in [2.45, 2.75) is 19.4 Å². The summed E-state index contributed by atoms with van der Waals surface area (Å²) in [5.41, 5.74) is -1.07. The number of carboxylic acids is 1. The SMILES string of the molecule is CC(C(=O)O)C(C)(O)c1ccccn1. The van der Waals surface area contributed by atoms with Crippen molar-refractivity contribution in [2.75, 3.05) is 0 Å². The Morgan fingerprint density at radius 2 is 2.21 bits per heavy atom. The number of aromatic nitrogens is 1. The molecule has 0 spiro atoms. The van der Waals surface area contributed by atoms with E-state index in [9.17, 15) is 9.90 Å². The Bertz CT molecular complexity index is 321. The van der Waals surface area contributed by atoms with Crippen LogP contribution >= 0.6 is 0 Å². The van der Waals surface area contributed by atoms with Crippen molar-refractivity contribution in [1.29, 1.82) is 0 Å². The molecular formula is C10H13NO3. The third-order valence-electron chi connectivity index (χ3n) is 2.40. The van der Waals surface area contributed by atoms with Crippen molar-refractivity contribution in [1.82, 2.24) is 4.98 Å². The molecule has 0 amide bonds. The van der Waals surface area contributed by atoms with E-state index >= 15 is 0 Å². The minimum atomic E-state index is -1.44. The third kappa shape index (κ3) is 1.90. The van der Waals surface area contributed by atoms with Gasteiger partial charge in [-0.15, -0.1) is 0 Å². The van der Waals surface area contributed by atoms with Crippen LogP contribution in [0.25, 0.3) is 0 Å². The van der Waals surface area contributed by atoms with Gasteiger partial charge in [-0.2, -0.15) is 0 Å².